The van der Waals surface area contributed by atoms with Gasteiger partial charge in [0.2, 0.25) is 0 Å². The number of anilines is 3. The molecule has 1 aliphatic carbocycles. The van der Waals surface area contributed by atoms with E-state index in [1.807, 2.05) is 17.4 Å². The van der Waals surface area contributed by atoms with Crippen LogP contribution in [0.1, 0.15) is 27.8 Å². The molecule has 0 spiro atoms. The molecule has 65 heavy (non-hydrogen) atoms. The van der Waals surface area contributed by atoms with Crippen LogP contribution in [0, 0.1) is 6.92 Å². The smallest absolute Gasteiger partial charge is 0.135 e. The quantitative estimate of drug-likeness (QED) is 0.143. The summed E-state index contributed by atoms with van der Waals surface area (Å²) in [5, 5.41) is 2.60. The lowest BCUT2D eigenvalue weighted by atomic mass is 9.67. The summed E-state index contributed by atoms with van der Waals surface area (Å²) in [5.41, 5.74) is 16.0. The van der Waals surface area contributed by atoms with Gasteiger partial charge >= 0.3 is 0 Å². The molecule has 1 unspecified atom stereocenters. The molecule has 1 atom stereocenters. The zero-order chi connectivity index (χ0) is 43.3. The highest BCUT2D eigenvalue weighted by molar-refractivity contribution is 7.25. The van der Waals surface area contributed by atoms with E-state index in [9.17, 15) is 0 Å². The minimum absolute atomic E-state index is 0.578. The Bertz CT molecular complexity index is 3520. The second kappa shape index (κ2) is 16.0. The van der Waals surface area contributed by atoms with Crippen LogP contribution >= 0.6 is 11.3 Å². The molecule has 0 fully saturated rings. The number of thiophene rings is 1. The lowest BCUT2D eigenvalue weighted by molar-refractivity contribution is 0.484. The van der Waals surface area contributed by atoms with E-state index in [-0.39, 0.29) is 0 Å². The predicted molar refractivity (Wildman–Crippen MR) is 273 cm³/mol. The summed E-state index contributed by atoms with van der Waals surface area (Å²) in [7, 11) is 0. The second-order valence-corrected chi connectivity index (χ2v) is 17.9. The van der Waals surface area contributed by atoms with Gasteiger partial charge in [0.15, 0.2) is 0 Å². The summed E-state index contributed by atoms with van der Waals surface area (Å²) in [4.78, 5) is 2.38. The molecule has 0 bridgehead atoms. The molecule has 0 N–H and O–H groups in total. The molecule has 3 heteroatoms. The molecule has 0 amide bonds. The standard InChI is InChI=1S/C62H43NOS/c1-42-16-8-9-21-51(42)54-23-11-14-26-59(54)64-50-36-33-48(34-37-50)63(47-31-28-44(29-32-47)43-17-4-2-5-18-43)49-35-38-53-52-22-10-13-25-57(52)62(58(53)41-49,45-19-6-3-7-20-45)46-30-39-61-56(40-46)55-24-12-15-27-60(55)65-61/h2-41H,1H3. The summed E-state index contributed by atoms with van der Waals surface area (Å²) in [6.07, 6.45) is 0. The van der Waals surface area contributed by atoms with Gasteiger partial charge in [0.05, 0.1) is 5.41 Å². The van der Waals surface area contributed by atoms with Crippen molar-refractivity contribution in [1.29, 1.82) is 0 Å². The molecule has 1 heterocycles. The third kappa shape index (κ3) is 6.55. The van der Waals surface area contributed by atoms with Gasteiger partial charge in [-0.2, -0.15) is 0 Å². The Morgan fingerprint density at radius 3 is 1.75 bits per heavy atom. The summed E-state index contributed by atoms with van der Waals surface area (Å²) < 4.78 is 9.29. The summed E-state index contributed by atoms with van der Waals surface area (Å²) >= 11 is 1.87. The normalized spacial score (nSPS) is 14.0. The van der Waals surface area contributed by atoms with Crippen LogP contribution < -0.4 is 9.64 Å². The predicted octanol–water partition coefficient (Wildman–Crippen LogP) is 17.3. The number of hydrogen-bond donors (Lipinski definition) is 0. The van der Waals surface area contributed by atoms with Crippen LogP contribution in [0.2, 0.25) is 0 Å². The molecule has 12 rings (SSSR count). The molecule has 0 radical (unpaired) electrons. The Hall–Kier alpha value is -7.98. The molecule has 2 nitrogen and oxygen atoms in total. The van der Waals surface area contributed by atoms with Crippen molar-refractivity contribution < 1.29 is 4.74 Å². The van der Waals surface area contributed by atoms with E-state index in [2.05, 4.69) is 248 Å². The van der Waals surface area contributed by atoms with E-state index in [0.29, 0.717) is 0 Å². The third-order valence-electron chi connectivity index (χ3n) is 13.2. The Morgan fingerprint density at radius 2 is 0.969 bits per heavy atom. The number of hydrogen-bond acceptors (Lipinski definition) is 3. The van der Waals surface area contributed by atoms with Gasteiger partial charge in [0, 0.05) is 42.8 Å². The van der Waals surface area contributed by atoms with E-state index < -0.39 is 5.41 Å². The molecule has 308 valence electrons. The van der Waals surface area contributed by atoms with Crippen LogP contribution in [0.4, 0.5) is 17.1 Å². The van der Waals surface area contributed by atoms with Crippen LogP contribution in [0.15, 0.2) is 243 Å². The van der Waals surface area contributed by atoms with Crippen LogP contribution in [0.3, 0.4) is 0 Å². The van der Waals surface area contributed by atoms with Crippen LogP contribution in [0.5, 0.6) is 11.5 Å². The first-order valence-electron chi connectivity index (χ1n) is 22.2. The van der Waals surface area contributed by atoms with Gasteiger partial charge in [0.25, 0.3) is 0 Å². The lowest BCUT2D eigenvalue weighted by Gasteiger charge is -2.35. The van der Waals surface area contributed by atoms with Crippen molar-refractivity contribution in [2.75, 3.05) is 4.90 Å². The molecule has 0 saturated carbocycles. The number of aryl methyl sites for hydroxylation is 1. The van der Waals surface area contributed by atoms with Gasteiger partial charge < -0.3 is 9.64 Å². The number of rotatable bonds is 9. The maximum atomic E-state index is 6.69. The number of benzene rings is 10. The fourth-order valence-corrected chi connectivity index (χ4v) is 11.3. The molecule has 10 aromatic carbocycles. The van der Waals surface area contributed by atoms with E-state index in [1.165, 1.54) is 75.8 Å². The van der Waals surface area contributed by atoms with E-state index in [4.69, 9.17) is 4.74 Å². The molecule has 0 aliphatic heterocycles. The average Bonchev–Trinajstić information content (AvgIpc) is 3.89. The van der Waals surface area contributed by atoms with Crippen LogP contribution in [-0.2, 0) is 5.41 Å². The fourth-order valence-electron chi connectivity index (χ4n) is 10.2. The van der Waals surface area contributed by atoms with Gasteiger partial charge in [-0.3, -0.25) is 0 Å². The van der Waals surface area contributed by atoms with Gasteiger partial charge in [-0.15, -0.1) is 11.3 Å². The Kier molecular flexibility index (Phi) is 9.51. The van der Waals surface area contributed by atoms with E-state index in [0.717, 1.165) is 34.1 Å². The minimum atomic E-state index is -0.578. The van der Waals surface area contributed by atoms with Crippen molar-refractivity contribution in [3.05, 3.63) is 270 Å². The number of para-hydroxylation sites is 1. The molecule has 0 saturated heterocycles. The SMILES string of the molecule is Cc1ccccc1-c1ccccc1Oc1ccc(N(c2ccc(-c3ccccc3)cc2)c2ccc3c(c2)C(c2ccccc2)(c2ccc4sc5ccccc5c4c2)c2ccccc2-3)cc1. The van der Waals surface area contributed by atoms with Gasteiger partial charge in [-0.25, -0.2) is 0 Å². The largest absolute Gasteiger partial charge is 0.457 e. The van der Waals surface area contributed by atoms with Crippen molar-refractivity contribution in [3.8, 4) is 44.9 Å². The summed E-state index contributed by atoms with van der Waals surface area (Å²) in [6.45, 7) is 2.15. The summed E-state index contributed by atoms with van der Waals surface area (Å²) in [5.74, 6) is 1.60. The van der Waals surface area contributed by atoms with Crippen LogP contribution in [0.25, 0.3) is 53.6 Å². The average molecular weight is 850 g/mol. The van der Waals surface area contributed by atoms with Gasteiger partial charge in [-0.1, -0.05) is 170 Å². The Labute approximate surface area is 383 Å². The minimum Gasteiger partial charge on any atom is -0.457 e. The first kappa shape index (κ1) is 38.7. The first-order chi connectivity index (χ1) is 32.1. The molecular weight excluding hydrogens is 807 g/mol. The highest BCUT2D eigenvalue weighted by Gasteiger charge is 2.46. The zero-order valence-corrected chi connectivity index (χ0v) is 36.7. The van der Waals surface area contributed by atoms with Crippen molar-refractivity contribution in [2.45, 2.75) is 12.3 Å². The third-order valence-corrected chi connectivity index (χ3v) is 14.3. The number of fused-ring (bicyclic) bond motifs is 6. The first-order valence-corrected chi connectivity index (χ1v) is 23.1. The fraction of sp³-hybridized carbons (Fsp3) is 0.0323. The van der Waals surface area contributed by atoms with Crippen molar-refractivity contribution >= 4 is 48.6 Å². The topological polar surface area (TPSA) is 12.5 Å². The lowest BCUT2D eigenvalue weighted by Crippen LogP contribution is -2.28. The highest BCUT2D eigenvalue weighted by Crippen LogP contribution is 2.58. The molecule has 1 aliphatic rings. The second-order valence-electron chi connectivity index (χ2n) is 16.9. The Balaban J connectivity index is 1.03. The highest BCUT2D eigenvalue weighted by atomic mass is 32.1. The van der Waals surface area contributed by atoms with Gasteiger partial charge in [-0.05, 0) is 135 Å². The van der Waals surface area contributed by atoms with Crippen molar-refractivity contribution in [1.82, 2.24) is 0 Å². The Morgan fingerprint density at radius 1 is 0.385 bits per heavy atom. The van der Waals surface area contributed by atoms with Crippen molar-refractivity contribution in [3.63, 3.8) is 0 Å². The number of nitrogens with zero attached hydrogens (tertiary/aromatic N) is 1. The van der Waals surface area contributed by atoms with Gasteiger partial charge in [0.1, 0.15) is 11.5 Å². The maximum Gasteiger partial charge on any atom is 0.135 e. The van der Waals surface area contributed by atoms with E-state index in [1.54, 1.807) is 0 Å². The molecule has 11 aromatic rings. The van der Waals surface area contributed by atoms with E-state index >= 15 is 0 Å². The molecular formula is C62H43NOS. The zero-order valence-electron chi connectivity index (χ0n) is 35.9. The molecule has 1 aromatic heterocycles. The monoisotopic (exact) mass is 849 g/mol. The van der Waals surface area contributed by atoms with Crippen molar-refractivity contribution in [2.24, 2.45) is 0 Å². The maximum absolute atomic E-state index is 6.69. The summed E-state index contributed by atoms with van der Waals surface area (Å²) in [6, 6.07) is 88.0. The van der Waals surface area contributed by atoms with Crippen LogP contribution in [-0.4, -0.2) is 0 Å². The number of ether oxygens (including phenoxy) is 1.